The summed E-state index contributed by atoms with van der Waals surface area (Å²) in [5.74, 6) is 1.44. The third kappa shape index (κ3) is 2.91. The van der Waals surface area contributed by atoms with Gasteiger partial charge < -0.3 is 10.2 Å². The second kappa shape index (κ2) is 7.40. The van der Waals surface area contributed by atoms with Crippen LogP contribution in [0.5, 0.6) is 0 Å². The second-order valence-electron chi connectivity index (χ2n) is 12.9. The molecule has 3 saturated carbocycles. The minimum atomic E-state index is -1.28. The lowest BCUT2D eigenvalue weighted by Crippen LogP contribution is -2.66. The van der Waals surface area contributed by atoms with Crippen LogP contribution in [0, 0.1) is 34.5 Å². The number of hydrogen-bond acceptors (Lipinski definition) is 3. The molecule has 0 aromatic carbocycles. The van der Waals surface area contributed by atoms with Gasteiger partial charge in [0.2, 0.25) is 0 Å². The Hall–Kier alpha value is -1.19. The Kier molecular flexibility index (Phi) is 5.28. The Bertz CT molecular complexity index is 954. The SMILES string of the molecule is C=C1CCCC2=CC[C@@H]3C(CC[C@@]4(C)C3CCC4(O)[C@@](C)(O)C3CC(=O)C(C)=C(C)C3)[C@@]12C. The molecule has 0 spiro atoms. The van der Waals surface area contributed by atoms with E-state index in [0.717, 1.165) is 43.3 Å². The van der Waals surface area contributed by atoms with Gasteiger partial charge in [-0.05, 0) is 102 Å². The predicted molar refractivity (Wildman–Crippen MR) is 133 cm³/mol. The summed E-state index contributed by atoms with van der Waals surface area (Å²) >= 11 is 0. The van der Waals surface area contributed by atoms with E-state index in [0.29, 0.717) is 37.0 Å². The maximum Gasteiger partial charge on any atom is 0.158 e. The van der Waals surface area contributed by atoms with Crippen molar-refractivity contribution in [2.75, 3.05) is 0 Å². The van der Waals surface area contributed by atoms with Crippen LogP contribution in [0.15, 0.2) is 34.9 Å². The van der Waals surface area contributed by atoms with E-state index < -0.39 is 11.2 Å². The number of rotatable bonds is 2. The van der Waals surface area contributed by atoms with Crippen molar-refractivity contribution in [2.45, 2.75) is 110 Å². The van der Waals surface area contributed by atoms with Gasteiger partial charge in [-0.15, -0.1) is 0 Å². The van der Waals surface area contributed by atoms with Gasteiger partial charge in [0.1, 0.15) is 0 Å². The van der Waals surface area contributed by atoms with E-state index in [1.54, 1.807) is 5.57 Å². The number of carbonyl (C=O) groups excluding carboxylic acids is 1. The van der Waals surface area contributed by atoms with Gasteiger partial charge in [-0.3, -0.25) is 4.79 Å². The molecule has 4 unspecified atom stereocenters. The average molecular weight is 453 g/mol. The first kappa shape index (κ1) is 23.5. The summed E-state index contributed by atoms with van der Waals surface area (Å²) in [4.78, 5) is 12.7. The smallest absolute Gasteiger partial charge is 0.158 e. The topological polar surface area (TPSA) is 57.5 Å². The molecule has 3 fully saturated rings. The van der Waals surface area contributed by atoms with Crippen LogP contribution in [0.3, 0.4) is 0 Å². The van der Waals surface area contributed by atoms with Crippen molar-refractivity contribution in [1.29, 1.82) is 0 Å². The zero-order valence-corrected chi connectivity index (χ0v) is 21.5. The average Bonchev–Trinajstić information content (AvgIpc) is 3.05. The first-order valence-corrected chi connectivity index (χ1v) is 13.4. The summed E-state index contributed by atoms with van der Waals surface area (Å²) < 4.78 is 0. The van der Waals surface area contributed by atoms with Crippen molar-refractivity contribution in [1.82, 2.24) is 0 Å². The van der Waals surface area contributed by atoms with Crippen molar-refractivity contribution < 1.29 is 15.0 Å². The Balaban J connectivity index is 1.48. The number of ketones is 1. The van der Waals surface area contributed by atoms with E-state index in [9.17, 15) is 15.0 Å². The highest BCUT2D eigenvalue weighted by atomic mass is 16.4. The van der Waals surface area contributed by atoms with Crippen molar-refractivity contribution in [2.24, 2.45) is 34.5 Å². The van der Waals surface area contributed by atoms with Crippen LogP contribution in [-0.2, 0) is 4.79 Å². The molecule has 8 atom stereocenters. The zero-order chi connectivity index (χ0) is 24.0. The van der Waals surface area contributed by atoms with Gasteiger partial charge in [0.25, 0.3) is 0 Å². The fourth-order valence-corrected chi connectivity index (χ4v) is 9.46. The van der Waals surface area contributed by atoms with Crippen LogP contribution in [0.1, 0.15) is 98.8 Å². The van der Waals surface area contributed by atoms with Gasteiger partial charge >= 0.3 is 0 Å². The fraction of sp³-hybridized carbons (Fsp3) is 0.767. The molecule has 0 bridgehead atoms. The van der Waals surface area contributed by atoms with Crippen LogP contribution in [0.4, 0.5) is 0 Å². The van der Waals surface area contributed by atoms with E-state index in [2.05, 4.69) is 26.5 Å². The van der Waals surface area contributed by atoms with Crippen LogP contribution in [-0.4, -0.2) is 27.2 Å². The molecule has 33 heavy (non-hydrogen) atoms. The summed E-state index contributed by atoms with van der Waals surface area (Å²) in [5.41, 5.74) is 2.27. The van der Waals surface area contributed by atoms with Crippen LogP contribution in [0.2, 0.25) is 0 Å². The van der Waals surface area contributed by atoms with Gasteiger partial charge in [0, 0.05) is 23.2 Å². The molecular formula is C30H44O3. The van der Waals surface area contributed by atoms with E-state index in [-0.39, 0.29) is 22.5 Å². The Morgan fingerprint density at radius 2 is 1.79 bits per heavy atom. The molecule has 2 N–H and O–H groups in total. The molecule has 0 aromatic heterocycles. The fourth-order valence-electron chi connectivity index (χ4n) is 9.46. The number of Topliss-reactive ketones (excluding diaryl/α,β-unsaturated/α-hetero) is 1. The first-order valence-electron chi connectivity index (χ1n) is 13.4. The Morgan fingerprint density at radius 3 is 2.48 bits per heavy atom. The highest BCUT2D eigenvalue weighted by Gasteiger charge is 2.69. The largest absolute Gasteiger partial charge is 0.387 e. The lowest BCUT2D eigenvalue weighted by Gasteiger charge is -2.61. The number of hydrogen-bond donors (Lipinski definition) is 2. The van der Waals surface area contributed by atoms with E-state index in [1.807, 2.05) is 20.8 Å². The van der Waals surface area contributed by atoms with Crippen molar-refractivity contribution in [3.63, 3.8) is 0 Å². The Labute approximate surface area is 200 Å². The lowest BCUT2D eigenvalue weighted by molar-refractivity contribution is -0.235. The van der Waals surface area contributed by atoms with Crippen LogP contribution in [0.25, 0.3) is 0 Å². The maximum absolute atomic E-state index is 12.7. The Morgan fingerprint density at radius 1 is 1.09 bits per heavy atom. The minimum Gasteiger partial charge on any atom is -0.387 e. The molecule has 182 valence electrons. The van der Waals surface area contributed by atoms with Crippen LogP contribution >= 0.6 is 0 Å². The molecular weight excluding hydrogens is 408 g/mol. The predicted octanol–water partition coefficient (Wildman–Crippen LogP) is 6.30. The quantitative estimate of drug-likeness (QED) is 0.483. The molecule has 5 aliphatic rings. The normalized spacial score (nSPS) is 47.4. The molecule has 3 nitrogen and oxygen atoms in total. The summed E-state index contributed by atoms with van der Waals surface area (Å²) in [7, 11) is 0. The van der Waals surface area contributed by atoms with Crippen molar-refractivity contribution in [3.8, 4) is 0 Å². The van der Waals surface area contributed by atoms with Crippen molar-refractivity contribution in [3.05, 3.63) is 34.9 Å². The van der Waals surface area contributed by atoms with E-state index in [4.69, 9.17) is 0 Å². The van der Waals surface area contributed by atoms with Gasteiger partial charge in [-0.25, -0.2) is 0 Å². The molecule has 0 heterocycles. The lowest BCUT2D eigenvalue weighted by atomic mass is 9.45. The van der Waals surface area contributed by atoms with Gasteiger partial charge in [0.05, 0.1) is 11.2 Å². The van der Waals surface area contributed by atoms with Gasteiger partial charge in [-0.1, -0.05) is 43.2 Å². The van der Waals surface area contributed by atoms with Gasteiger partial charge in [-0.2, -0.15) is 0 Å². The summed E-state index contributed by atoms with van der Waals surface area (Å²) in [6, 6.07) is 0. The molecule has 5 rings (SSSR count). The molecule has 0 radical (unpaired) electrons. The molecule has 0 aliphatic heterocycles. The minimum absolute atomic E-state index is 0.112. The number of allylic oxidation sites excluding steroid dienone is 5. The third-order valence-corrected chi connectivity index (χ3v) is 12.0. The van der Waals surface area contributed by atoms with Gasteiger partial charge in [0.15, 0.2) is 5.78 Å². The second-order valence-corrected chi connectivity index (χ2v) is 12.9. The van der Waals surface area contributed by atoms with E-state index in [1.165, 1.54) is 18.4 Å². The summed E-state index contributed by atoms with van der Waals surface area (Å²) in [6.07, 6.45) is 11.9. The highest BCUT2D eigenvalue weighted by Crippen LogP contribution is 2.70. The molecule has 0 amide bonds. The standard InChI is InChI=1S/C30H44O3/c1-18-16-22(17-26(31)20(18)3)29(6,32)30(33)15-13-24-23-11-10-21-9-7-8-19(2)28(21,5)25(23)12-14-27(24,30)4/h10,22-25,32-33H,2,7-9,11-17H2,1,3-6H3/t22?,23-,24?,25?,27-,28-,29-,30?/m0/s1. The van der Waals surface area contributed by atoms with Crippen molar-refractivity contribution >= 4 is 5.78 Å². The van der Waals surface area contributed by atoms with E-state index >= 15 is 0 Å². The number of carbonyl (C=O) groups is 1. The maximum atomic E-state index is 12.7. The highest BCUT2D eigenvalue weighted by molar-refractivity contribution is 5.96. The monoisotopic (exact) mass is 452 g/mol. The number of aliphatic hydroxyl groups is 2. The molecule has 0 aromatic rings. The first-order chi connectivity index (χ1) is 15.4. The zero-order valence-electron chi connectivity index (χ0n) is 21.5. The summed E-state index contributed by atoms with van der Waals surface area (Å²) in [5, 5.41) is 24.4. The molecule has 5 aliphatic carbocycles. The summed E-state index contributed by atoms with van der Waals surface area (Å²) in [6.45, 7) is 15.0. The van der Waals surface area contributed by atoms with Crippen LogP contribution < -0.4 is 0 Å². The molecule has 3 heteroatoms. The third-order valence-electron chi connectivity index (χ3n) is 12.0. The molecule has 0 saturated heterocycles. The number of fused-ring (bicyclic) bond motifs is 5.